The second-order valence-corrected chi connectivity index (χ2v) is 5.19. The van der Waals surface area contributed by atoms with Crippen molar-refractivity contribution in [3.05, 3.63) is 23.8 Å². The zero-order valence-corrected chi connectivity index (χ0v) is 14.1. The monoisotopic (exact) mass is 308 g/mol. The average Bonchev–Trinajstić information content (AvgIpc) is 2.56. The molecule has 0 aliphatic rings. The molecule has 1 rings (SSSR count). The van der Waals surface area contributed by atoms with Gasteiger partial charge in [-0.25, -0.2) is 0 Å². The third kappa shape index (κ3) is 5.93. The summed E-state index contributed by atoms with van der Waals surface area (Å²) in [5.41, 5.74) is 0.989. The van der Waals surface area contributed by atoms with Gasteiger partial charge in [0.05, 0.1) is 20.8 Å². The first-order valence-electron chi connectivity index (χ1n) is 7.84. The van der Waals surface area contributed by atoms with Crippen LogP contribution in [-0.2, 0) is 11.3 Å². The van der Waals surface area contributed by atoms with Crippen LogP contribution in [0.15, 0.2) is 18.2 Å². The van der Waals surface area contributed by atoms with Crippen LogP contribution in [0.2, 0.25) is 0 Å². The van der Waals surface area contributed by atoms with Crippen LogP contribution in [0.25, 0.3) is 0 Å². The van der Waals surface area contributed by atoms with Crippen LogP contribution in [0.1, 0.15) is 32.3 Å². The summed E-state index contributed by atoms with van der Waals surface area (Å²) < 4.78 is 10.5. The Morgan fingerprint density at radius 1 is 1.18 bits per heavy atom. The molecule has 0 saturated heterocycles. The van der Waals surface area contributed by atoms with Crippen LogP contribution >= 0.6 is 0 Å². The highest BCUT2D eigenvalue weighted by Gasteiger charge is 2.09. The van der Waals surface area contributed by atoms with E-state index in [1.165, 1.54) is 0 Å². The van der Waals surface area contributed by atoms with Crippen molar-refractivity contribution >= 4 is 5.91 Å². The number of methoxy groups -OCH3 is 2. The lowest BCUT2D eigenvalue weighted by atomic mass is 10.2. The number of hydrogen-bond donors (Lipinski definition) is 1. The van der Waals surface area contributed by atoms with E-state index in [9.17, 15) is 4.79 Å². The molecular weight excluding hydrogens is 280 g/mol. The van der Waals surface area contributed by atoms with Gasteiger partial charge in [0.1, 0.15) is 0 Å². The van der Waals surface area contributed by atoms with E-state index in [1.807, 2.05) is 18.2 Å². The van der Waals surface area contributed by atoms with Gasteiger partial charge in [0.25, 0.3) is 0 Å². The normalized spacial score (nSPS) is 10.6. The molecule has 0 unspecified atom stereocenters. The fourth-order valence-corrected chi connectivity index (χ4v) is 2.18. The van der Waals surface area contributed by atoms with Gasteiger partial charge in [-0.2, -0.15) is 0 Å². The Morgan fingerprint density at radius 3 is 2.50 bits per heavy atom. The molecule has 0 radical (unpaired) electrons. The van der Waals surface area contributed by atoms with Gasteiger partial charge in [0.15, 0.2) is 11.5 Å². The molecule has 5 nitrogen and oxygen atoms in total. The van der Waals surface area contributed by atoms with E-state index < -0.39 is 0 Å². The van der Waals surface area contributed by atoms with Gasteiger partial charge in [-0.05, 0) is 37.2 Å². The van der Waals surface area contributed by atoms with Gasteiger partial charge < -0.3 is 14.8 Å². The molecule has 1 amide bonds. The first-order valence-corrected chi connectivity index (χ1v) is 7.84. The molecule has 5 heteroatoms. The lowest BCUT2D eigenvalue weighted by Gasteiger charge is -2.19. The third-order valence-electron chi connectivity index (χ3n) is 3.58. The number of ether oxygens (including phenoxy) is 2. The van der Waals surface area contributed by atoms with Gasteiger partial charge in [0, 0.05) is 6.54 Å². The van der Waals surface area contributed by atoms with Crippen LogP contribution in [-0.4, -0.2) is 44.7 Å². The lowest BCUT2D eigenvalue weighted by molar-refractivity contribution is -0.122. The van der Waals surface area contributed by atoms with Crippen molar-refractivity contribution < 1.29 is 14.3 Å². The first kappa shape index (κ1) is 18.3. The molecule has 1 N–H and O–H groups in total. The van der Waals surface area contributed by atoms with Crippen LogP contribution in [0.3, 0.4) is 0 Å². The largest absolute Gasteiger partial charge is 0.493 e. The summed E-state index contributed by atoms with van der Waals surface area (Å²) in [6, 6.07) is 5.66. The fourth-order valence-electron chi connectivity index (χ4n) is 2.18. The van der Waals surface area contributed by atoms with E-state index in [0.29, 0.717) is 24.6 Å². The number of likely N-dealkylation sites (N-methyl/N-ethyl adjacent to an activating group) is 1. The van der Waals surface area contributed by atoms with Crippen LogP contribution in [0.5, 0.6) is 11.5 Å². The number of unbranched alkanes of at least 4 members (excludes halogenated alkanes) is 1. The van der Waals surface area contributed by atoms with Crippen LogP contribution < -0.4 is 14.8 Å². The van der Waals surface area contributed by atoms with E-state index in [2.05, 4.69) is 24.1 Å². The highest BCUT2D eigenvalue weighted by Crippen LogP contribution is 2.27. The zero-order chi connectivity index (χ0) is 16.4. The smallest absolute Gasteiger partial charge is 0.234 e. The minimum absolute atomic E-state index is 0.0488. The third-order valence-corrected chi connectivity index (χ3v) is 3.58. The van der Waals surface area contributed by atoms with Crippen molar-refractivity contribution in [1.29, 1.82) is 0 Å². The van der Waals surface area contributed by atoms with E-state index in [-0.39, 0.29) is 5.91 Å². The summed E-state index contributed by atoms with van der Waals surface area (Å²) in [7, 11) is 3.21. The van der Waals surface area contributed by atoms with E-state index in [4.69, 9.17) is 9.47 Å². The molecule has 0 saturated carbocycles. The van der Waals surface area contributed by atoms with Crippen LogP contribution in [0.4, 0.5) is 0 Å². The number of carbonyl (C=O) groups is 1. The minimum Gasteiger partial charge on any atom is -0.493 e. The molecule has 22 heavy (non-hydrogen) atoms. The Balaban J connectivity index is 2.49. The average molecular weight is 308 g/mol. The predicted octanol–water partition coefficient (Wildman–Crippen LogP) is 2.44. The van der Waals surface area contributed by atoms with Crippen LogP contribution in [0, 0.1) is 0 Å². The molecule has 1 aromatic carbocycles. The number of nitrogens with zero attached hydrogens (tertiary/aromatic N) is 1. The van der Waals surface area contributed by atoms with Crippen molar-refractivity contribution in [2.45, 2.75) is 33.2 Å². The van der Waals surface area contributed by atoms with E-state index >= 15 is 0 Å². The summed E-state index contributed by atoms with van der Waals surface area (Å²) in [4.78, 5) is 14.2. The fraction of sp³-hybridized carbons (Fsp3) is 0.588. The molecule has 0 aliphatic carbocycles. The second-order valence-electron chi connectivity index (χ2n) is 5.19. The van der Waals surface area contributed by atoms with Gasteiger partial charge in [-0.1, -0.05) is 26.3 Å². The van der Waals surface area contributed by atoms with Crippen molar-refractivity contribution in [3.8, 4) is 11.5 Å². The summed E-state index contributed by atoms with van der Waals surface area (Å²) >= 11 is 0. The number of nitrogens with one attached hydrogen (secondary N) is 1. The van der Waals surface area contributed by atoms with Crippen molar-refractivity contribution in [1.82, 2.24) is 10.2 Å². The maximum absolute atomic E-state index is 12.0. The molecule has 0 aliphatic heterocycles. The Labute approximate surface area is 133 Å². The zero-order valence-electron chi connectivity index (χ0n) is 14.1. The lowest BCUT2D eigenvalue weighted by Crippen LogP contribution is -2.37. The van der Waals surface area contributed by atoms with E-state index in [0.717, 1.165) is 31.5 Å². The molecule has 0 spiro atoms. The molecule has 0 bridgehead atoms. The molecular formula is C17H28N2O3. The topological polar surface area (TPSA) is 50.8 Å². The van der Waals surface area contributed by atoms with Crippen molar-refractivity contribution in [2.75, 3.05) is 33.9 Å². The van der Waals surface area contributed by atoms with Gasteiger partial charge >= 0.3 is 0 Å². The summed E-state index contributed by atoms with van der Waals surface area (Å²) in [5.74, 6) is 1.41. The molecule has 0 heterocycles. The number of rotatable bonds is 10. The quantitative estimate of drug-likeness (QED) is 0.721. The Hall–Kier alpha value is -1.75. The standard InChI is InChI=1S/C17H28N2O3/c1-5-7-10-19(6-2)13-17(20)18-12-14-8-9-15(21-3)16(11-14)22-4/h8-9,11H,5-7,10,12-13H2,1-4H3,(H,18,20). The second kappa shape index (κ2) is 10.1. The number of hydrogen-bond acceptors (Lipinski definition) is 4. The number of amides is 1. The SMILES string of the molecule is CCCCN(CC)CC(=O)NCc1ccc(OC)c(OC)c1. The molecule has 1 aromatic rings. The van der Waals surface area contributed by atoms with Gasteiger partial charge in [-0.3, -0.25) is 9.69 Å². The first-order chi connectivity index (χ1) is 10.6. The number of benzene rings is 1. The van der Waals surface area contributed by atoms with Gasteiger partial charge in [0.2, 0.25) is 5.91 Å². The highest BCUT2D eigenvalue weighted by atomic mass is 16.5. The number of carbonyl (C=O) groups excluding carboxylic acids is 1. The summed E-state index contributed by atoms with van der Waals surface area (Å²) in [6.45, 7) is 7.04. The maximum atomic E-state index is 12.0. The summed E-state index contributed by atoms with van der Waals surface area (Å²) in [5, 5.41) is 2.95. The molecule has 0 atom stereocenters. The van der Waals surface area contributed by atoms with Crippen molar-refractivity contribution in [3.63, 3.8) is 0 Å². The van der Waals surface area contributed by atoms with Gasteiger partial charge in [-0.15, -0.1) is 0 Å². The Kier molecular flexibility index (Phi) is 8.36. The predicted molar refractivity (Wildman–Crippen MR) is 88.4 cm³/mol. The molecule has 124 valence electrons. The Morgan fingerprint density at radius 2 is 1.91 bits per heavy atom. The highest BCUT2D eigenvalue weighted by molar-refractivity contribution is 5.78. The summed E-state index contributed by atoms with van der Waals surface area (Å²) in [6.07, 6.45) is 2.26. The maximum Gasteiger partial charge on any atom is 0.234 e. The molecule has 0 fully saturated rings. The van der Waals surface area contributed by atoms with E-state index in [1.54, 1.807) is 14.2 Å². The Bertz CT molecular complexity index is 463. The molecule has 0 aromatic heterocycles. The van der Waals surface area contributed by atoms with Crippen molar-refractivity contribution in [2.24, 2.45) is 0 Å². The minimum atomic E-state index is 0.0488.